The van der Waals surface area contributed by atoms with E-state index in [4.69, 9.17) is 0 Å². The van der Waals surface area contributed by atoms with Crippen molar-refractivity contribution in [2.45, 2.75) is 18.6 Å². The molecule has 0 amide bonds. The molecule has 1 atom stereocenters. The molecular weight excluding hydrogens is 312 g/mol. The number of nitrogens with zero attached hydrogens (tertiary/aromatic N) is 1. The molecular formula is C13H17ClF4N2O. The molecule has 0 saturated carbocycles. The van der Waals surface area contributed by atoms with Crippen molar-refractivity contribution in [3.63, 3.8) is 0 Å². The van der Waals surface area contributed by atoms with E-state index in [1.54, 1.807) is 4.90 Å². The minimum absolute atomic E-state index is 0. The molecule has 0 unspecified atom stereocenters. The van der Waals surface area contributed by atoms with Crippen molar-refractivity contribution >= 4 is 12.4 Å². The molecule has 1 aromatic rings. The largest absolute Gasteiger partial charge is 0.508 e. The van der Waals surface area contributed by atoms with Crippen LogP contribution in [0.1, 0.15) is 18.0 Å². The summed E-state index contributed by atoms with van der Waals surface area (Å²) in [7, 11) is 0. The monoisotopic (exact) mass is 328 g/mol. The minimum atomic E-state index is -4.38. The van der Waals surface area contributed by atoms with Crippen molar-refractivity contribution in [1.29, 1.82) is 0 Å². The van der Waals surface area contributed by atoms with Gasteiger partial charge in [-0.2, -0.15) is 13.2 Å². The Balaban J connectivity index is 0.00000220. The lowest BCUT2D eigenvalue weighted by atomic mass is 9.99. The van der Waals surface area contributed by atoms with Gasteiger partial charge >= 0.3 is 6.18 Å². The Morgan fingerprint density at radius 2 is 1.86 bits per heavy atom. The van der Waals surface area contributed by atoms with E-state index < -0.39 is 24.5 Å². The van der Waals surface area contributed by atoms with Gasteiger partial charge < -0.3 is 10.4 Å². The van der Waals surface area contributed by atoms with Gasteiger partial charge in [-0.25, -0.2) is 4.39 Å². The highest BCUT2D eigenvalue weighted by atomic mass is 35.5. The summed E-state index contributed by atoms with van der Waals surface area (Å²) < 4.78 is 51.6. The minimum Gasteiger partial charge on any atom is -0.508 e. The Morgan fingerprint density at radius 1 is 1.24 bits per heavy atom. The SMILES string of the molecule is Cl.Oc1ccc(F)cc1[C@H](CC(F)(F)F)N1CCNCC1. The van der Waals surface area contributed by atoms with Crippen LogP contribution < -0.4 is 5.32 Å². The summed E-state index contributed by atoms with van der Waals surface area (Å²) >= 11 is 0. The van der Waals surface area contributed by atoms with Gasteiger partial charge in [0.1, 0.15) is 11.6 Å². The Bertz CT molecular complexity index is 464. The van der Waals surface area contributed by atoms with E-state index >= 15 is 0 Å². The number of aromatic hydroxyl groups is 1. The number of rotatable bonds is 3. The summed E-state index contributed by atoms with van der Waals surface area (Å²) in [6.45, 7) is 2.00. The summed E-state index contributed by atoms with van der Waals surface area (Å²) in [5, 5.41) is 12.8. The predicted octanol–water partition coefficient (Wildman–Crippen LogP) is 2.85. The Labute approximate surface area is 126 Å². The van der Waals surface area contributed by atoms with Crippen molar-refractivity contribution in [2.75, 3.05) is 26.2 Å². The summed E-state index contributed by atoms with van der Waals surface area (Å²) in [6.07, 6.45) is -5.49. The van der Waals surface area contributed by atoms with Gasteiger partial charge in [-0.3, -0.25) is 4.90 Å². The van der Waals surface area contributed by atoms with Crippen LogP contribution in [0, 0.1) is 5.82 Å². The molecule has 2 N–H and O–H groups in total. The van der Waals surface area contributed by atoms with Crippen molar-refractivity contribution < 1.29 is 22.7 Å². The van der Waals surface area contributed by atoms with Crippen molar-refractivity contribution in [3.05, 3.63) is 29.6 Å². The molecule has 0 aromatic heterocycles. The number of phenolic OH excluding ortho intramolecular Hbond substituents is 1. The number of piperazine rings is 1. The maximum atomic E-state index is 13.3. The second-order valence-corrected chi connectivity index (χ2v) is 4.82. The third-order valence-corrected chi connectivity index (χ3v) is 3.37. The third-order valence-electron chi connectivity index (χ3n) is 3.37. The quantitative estimate of drug-likeness (QED) is 0.838. The normalized spacial score (nSPS) is 18.1. The van der Waals surface area contributed by atoms with Gasteiger partial charge in [0, 0.05) is 37.8 Å². The van der Waals surface area contributed by atoms with E-state index in [-0.39, 0.29) is 23.7 Å². The average molecular weight is 329 g/mol. The van der Waals surface area contributed by atoms with Crippen molar-refractivity contribution in [2.24, 2.45) is 0 Å². The van der Waals surface area contributed by atoms with Crippen LogP contribution in [-0.2, 0) is 0 Å². The lowest BCUT2D eigenvalue weighted by Crippen LogP contribution is -2.46. The number of phenols is 1. The van der Waals surface area contributed by atoms with E-state index in [0.29, 0.717) is 26.2 Å². The molecule has 1 aliphatic rings. The summed E-state index contributed by atoms with van der Waals surface area (Å²) in [4.78, 5) is 1.62. The van der Waals surface area contributed by atoms with Gasteiger partial charge in [0.25, 0.3) is 0 Å². The van der Waals surface area contributed by atoms with Crippen LogP contribution in [0.4, 0.5) is 17.6 Å². The Morgan fingerprint density at radius 3 is 2.43 bits per heavy atom. The first-order valence-electron chi connectivity index (χ1n) is 6.37. The van der Waals surface area contributed by atoms with E-state index in [9.17, 15) is 22.7 Å². The van der Waals surface area contributed by atoms with Gasteiger partial charge in [0.2, 0.25) is 0 Å². The maximum absolute atomic E-state index is 13.3. The van der Waals surface area contributed by atoms with Gasteiger partial charge in [-0.15, -0.1) is 12.4 Å². The number of benzene rings is 1. The van der Waals surface area contributed by atoms with Gasteiger partial charge in [0.15, 0.2) is 0 Å². The standard InChI is InChI=1S/C13H16F4N2O.ClH/c14-9-1-2-12(20)10(7-9)11(8-13(15,16)17)19-5-3-18-4-6-19;/h1-2,7,11,18,20H,3-6,8H2;1H/t11-;/m0./s1. The third kappa shape index (κ3) is 5.01. The zero-order valence-corrected chi connectivity index (χ0v) is 12.0. The fourth-order valence-corrected chi connectivity index (χ4v) is 2.44. The number of hydrogen-bond acceptors (Lipinski definition) is 3. The van der Waals surface area contributed by atoms with Crippen molar-refractivity contribution in [1.82, 2.24) is 10.2 Å². The van der Waals surface area contributed by atoms with E-state index in [1.165, 1.54) is 0 Å². The van der Waals surface area contributed by atoms with Gasteiger partial charge in [0.05, 0.1) is 6.42 Å². The molecule has 8 heteroatoms. The fourth-order valence-electron chi connectivity index (χ4n) is 2.44. The van der Waals surface area contributed by atoms with Gasteiger partial charge in [-0.05, 0) is 18.2 Å². The average Bonchev–Trinajstić information content (AvgIpc) is 2.39. The Kier molecular flexibility index (Phi) is 6.24. The molecule has 21 heavy (non-hydrogen) atoms. The topological polar surface area (TPSA) is 35.5 Å². The van der Waals surface area contributed by atoms with Crippen LogP contribution >= 0.6 is 12.4 Å². The first kappa shape index (κ1) is 18.0. The first-order valence-corrected chi connectivity index (χ1v) is 6.37. The molecule has 1 saturated heterocycles. The predicted molar refractivity (Wildman–Crippen MR) is 73.2 cm³/mol. The van der Waals surface area contributed by atoms with Crippen LogP contribution in [-0.4, -0.2) is 42.4 Å². The molecule has 1 aromatic carbocycles. The van der Waals surface area contributed by atoms with E-state index in [2.05, 4.69) is 5.32 Å². The second kappa shape index (κ2) is 7.29. The molecule has 0 aliphatic carbocycles. The molecule has 0 spiro atoms. The van der Waals surface area contributed by atoms with E-state index in [1.807, 2.05) is 0 Å². The molecule has 1 heterocycles. The lowest BCUT2D eigenvalue weighted by Gasteiger charge is -2.35. The second-order valence-electron chi connectivity index (χ2n) is 4.82. The molecule has 2 rings (SSSR count). The molecule has 3 nitrogen and oxygen atoms in total. The molecule has 1 fully saturated rings. The number of hydrogen-bond donors (Lipinski definition) is 2. The summed E-state index contributed by atoms with van der Waals surface area (Å²) in [5.41, 5.74) is -0.00998. The highest BCUT2D eigenvalue weighted by Crippen LogP contribution is 2.37. The summed E-state index contributed by atoms with van der Waals surface area (Å²) in [6, 6.07) is 2.04. The molecule has 0 bridgehead atoms. The first-order chi connectivity index (χ1) is 9.37. The van der Waals surface area contributed by atoms with Crippen LogP contribution in [0.25, 0.3) is 0 Å². The van der Waals surface area contributed by atoms with Gasteiger partial charge in [-0.1, -0.05) is 0 Å². The number of halogens is 5. The molecule has 0 radical (unpaired) electrons. The lowest BCUT2D eigenvalue weighted by molar-refractivity contribution is -0.148. The number of nitrogens with one attached hydrogen (secondary N) is 1. The smallest absolute Gasteiger partial charge is 0.390 e. The maximum Gasteiger partial charge on any atom is 0.390 e. The number of alkyl halides is 3. The molecule has 1 aliphatic heterocycles. The highest BCUT2D eigenvalue weighted by molar-refractivity contribution is 5.85. The van der Waals surface area contributed by atoms with Crippen molar-refractivity contribution in [3.8, 4) is 5.75 Å². The fraction of sp³-hybridized carbons (Fsp3) is 0.538. The Hall–Kier alpha value is -1.05. The van der Waals surface area contributed by atoms with Crippen LogP contribution in [0.5, 0.6) is 5.75 Å². The van der Waals surface area contributed by atoms with Crippen LogP contribution in [0.2, 0.25) is 0 Å². The zero-order valence-electron chi connectivity index (χ0n) is 11.2. The summed E-state index contributed by atoms with van der Waals surface area (Å²) in [5.74, 6) is -0.959. The van der Waals surface area contributed by atoms with E-state index in [0.717, 1.165) is 18.2 Å². The van der Waals surface area contributed by atoms with Crippen LogP contribution in [0.15, 0.2) is 18.2 Å². The van der Waals surface area contributed by atoms with Crippen LogP contribution in [0.3, 0.4) is 0 Å². The highest BCUT2D eigenvalue weighted by Gasteiger charge is 2.37. The molecule has 120 valence electrons. The zero-order chi connectivity index (χ0) is 14.8.